The van der Waals surface area contributed by atoms with Gasteiger partial charge in [0.25, 0.3) is 0 Å². The van der Waals surface area contributed by atoms with Gasteiger partial charge in [-0.05, 0) is 42.3 Å². The highest BCUT2D eigenvalue weighted by molar-refractivity contribution is 7.99. The predicted octanol–water partition coefficient (Wildman–Crippen LogP) is 5.12. The van der Waals surface area contributed by atoms with Crippen molar-refractivity contribution in [3.8, 4) is 11.5 Å². The Morgan fingerprint density at radius 1 is 1.08 bits per heavy atom. The Balaban J connectivity index is 1.86. The molecule has 26 heavy (non-hydrogen) atoms. The Morgan fingerprint density at radius 2 is 1.81 bits per heavy atom. The number of hydrogen-bond acceptors (Lipinski definition) is 4. The molecule has 2 rings (SSSR count). The summed E-state index contributed by atoms with van der Waals surface area (Å²) in [6.07, 6.45) is 0. The summed E-state index contributed by atoms with van der Waals surface area (Å²) in [5, 5.41) is 4.04. The molecule has 1 unspecified atom stereocenters. The summed E-state index contributed by atoms with van der Waals surface area (Å²) in [4.78, 5) is 12.2. The Kier molecular flexibility index (Phi) is 7.94. The molecule has 0 fully saturated rings. The van der Waals surface area contributed by atoms with Gasteiger partial charge in [-0.15, -0.1) is 11.8 Å². The number of halogens is 2. The van der Waals surface area contributed by atoms with E-state index in [0.29, 0.717) is 33.0 Å². The lowest BCUT2D eigenvalue weighted by molar-refractivity contribution is -0.119. The maximum absolute atomic E-state index is 12.2. The summed E-state index contributed by atoms with van der Waals surface area (Å²) < 4.78 is 10.5. The van der Waals surface area contributed by atoms with Gasteiger partial charge in [0.05, 0.1) is 36.1 Å². The number of hydrogen-bond donors (Lipinski definition) is 1. The van der Waals surface area contributed by atoms with Crippen molar-refractivity contribution < 1.29 is 14.3 Å². The molecular formula is C19H21Cl2NO3S. The number of thioether (sulfide) groups is 1. The number of carbonyl (C=O) groups excluding carboxylic acids is 1. The molecule has 0 spiro atoms. The first-order valence-electron chi connectivity index (χ1n) is 7.97. The molecule has 0 aliphatic carbocycles. The van der Waals surface area contributed by atoms with Crippen LogP contribution in [-0.4, -0.2) is 25.9 Å². The molecular weight excluding hydrogens is 393 g/mol. The van der Waals surface area contributed by atoms with Crippen LogP contribution in [0.1, 0.15) is 24.1 Å². The molecule has 0 radical (unpaired) electrons. The average molecular weight is 414 g/mol. The van der Waals surface area contributed by atoms with Crippen molar-refractivity contribution in [2.45, 2.75) is 18.7 Å². The van der Waals surface area contributed by atoms with Gasteiger partial charge < -0.3 is 14.8 Å². The number of carbonyl (C=O) groups is 1. The van der Waals surface area contributed by atoms with Crippen molar-refractivity contribution in [3.05, 3.63) is 57.6 Å². The van der Waals surface area contributed by atoms with Crippen LogP contribution in [0, 0.1) is 0 Å². The molecule has 1 N–H and O–H groups in total. The van der Waals surface area contributed by atoms with E-state index in [4.69, 9.17) is 32.7 Å². The van der Waals surface area contributed by atoms with Crippen LogP contribution in [-0.2, 0) is 10.5 Å². The van der Waals surface area contributed by atoms with Gasteiger partial charge in [-0.2, -0.15) is 0 Å². The van der Waals surface area contributed by atoms with E-state index in [1.165, 1.54) is 11.8 Å². The van der Waals surface area contributed by atoms with Crippen molar-refractivity contribution in [2.24, 2.45) is 0 Å². The summed E-state index contributed by atoms with van der Waals surface area (Å²) in [6, 6.07) is 11.0. The van der Waals surface area contributed by atoms with E-state index in [-0.39, 0.29) is 11.9 Å². The fourth-order valence-corrected chi connectivity index (χ4v) is 3.49. The Morgan fingerprint density at radius 3 is 2.46 bits per heavy atom. The first-order chi connectivity index (χ1) is 12.4. The SMILES string of the molecule is COc1ccc(C(C)NC(=O)CSCc2ccc(Cl)c(Cl)c2)cc1OC. The third kappa shape index (κ3) is 5.73. The molecule has 7 heteroatoms. The van der Waals surface area contributed by atoms with Crippen molar-refractivity contribution in [1.82, 2.24) is 5.32 Å². The van der Waals surface area contributed by atoms with E-state index in [9.17, 15) is 4.79 Å². The largest absolute Gasteiger partial charge is 0.493 e. The van der Waals surface area contributed by atoms with Gasteiger partial charge in [0, 0.05) is 5.75 Å². The maximum atomic E-state index is 12.2. The van der Waals surface area contributed by atoms with Gasteiger partial charge in [-0.1, -0.05) is 35.3 Å². The van der Waals surface area contributed by atoms with Crippen LogP contribution in [0.3, 0.4) is 0 Å². The minimum Gasteiger partial charge on any atom is -0.493 e. The molecule has 0 saturated heterocycles. The second-order valence-electron chi connectivity index (χ2n) is 5.64. The number of rotatable bonds is 8. The van der Waals surface area contributed by atoms with Gasteiger partial charge in [0.15, 0.2) is 11.5 Å². The number of benzene rings is 2. The first kappa shape index (κ1) is 20.7. The standard InChI is InChI=1S/C19H21Cl2NO3S/c1-12(14-5-7-17(24-2)18(9-14)25-3)22-19(23)11-26-10-13-4-6-15(20)16(21)8-13/h4-9,12H,10-11H2,1-3H3,(H,22,23). The highest BCUT2D eigenvalue weighted by atomic mass is 35.5. The molecule has 1 atom stereocenters. The quantitative estimate of drug-likeness (QED) is 0.651. The highest BCUT2D eigenvalue weighted by Crippen LogP contribution is 2.30. The van der Waals surface area contributed by atoms with E-state index in [2.05, 4.69) is 5.32 Å². The number of ether oxygens (including phenoxy) is 2. The lowest BCUT2D eigenvalue weighted by atomic mass is 10.1. The number of methoxy groups -OCH3 is 2. The topological polar surface area (TPSA) is 47.6 Å². The van der Waals surface area contributed by atoms with Crippen LogP contribution < -0.4 is 14.8 Å². The van der Waals surface area contributed by atoms with Crippen LogP contribution in [0.4, 0.5) is 0 Å². The molecule has 0 bridgehead atoms. The second-order valence-corrected chi connectivity index (χ2v) is 7.44. The molecule has 140 valence electrons. The average Bonchev–Trinajstić information content (AvgIpc) is 2.63. The third-order valence-electron chi connectivity index (χ3n) is 3.77. The Labute approximate surface area is 168 Å². The van der Waals surface area contributed by atoms with Crippen LogP contribution in [0.2, 0.25) is 10.0 Å². The van der Waals surface area contributed by atoms with E-state index in [1.54, 1.807) is 20.3 Å². The fourth-order valence-electron chi connectivity index (χ4n) is 2.38. The van der Waals surface area contributed by atoms with Crippen molar-refractivity contribution in [2.75, 3.05) is 20.0 Å². The zero-order chi connectivity index (χ0) is 19.1. The highest BCUT2D eigenvalue weighted by Gasteiger charge is 2.13. The molecule has 0 aromatic heterocycles. The number of nitrogens with one attached hydrogen (secondary N) is 1. The second kappa shape index (κ2) is 9.95. The normalized spacial score (nSPS) is 11.7. The van der Waals surface area contributed by atoms with Gasteiger partial charge in [-0.3, -0.25) is 4.79 Å². The van der Waals surface area contributed by atoms with Crippen molar-refractivity contribution in [1.29, 1.82) is 0 Å². The van der Waals surface area contributed by atoms with Crippen molar-refractivity contribution >= 4 is 40.9 Å². The summed E-state index contributed by atoms with van der Waals surface area (Å²) >= 11 is 13.4. The van der Waals surface area contributed by atoms with Crippen LogP contribution in [0.15, 0.2) is 36.4 Å². The molecule has 2 aromatic carbocycles. The van der Waals surface area contributed by atoms with Crippen LogP contribution >= 0.6 is 35.0 Å². The summed E-state index contributed by atoms with van der Waals surface area (Å²) in [5.74, 6) is 2.32. The van der Waals surface area contributed by atoms with Gasteiger partial charge in [0.1, 0.15) is 0 Å². The van der Waals surface area contributed by atoms with E-state index in [0.717, 1.165) is 11.1 Å². The lowest BCUT2D eigenvalue weighted by Gasteiger charge is -2.16. The molecule has 2 aromatic rings. The molecule has 4 nitrogen and oxygen atoms in total. The predicted molar refractivity (Wildman–Crippen MR) is 109 cm³/mol. The monoisotopic (exact) mass is 413 g/mol. The zero-order valence-electron chi connectivity index (χ0n) is 14.8. The lowest BCUT2D eigenvalue weighted by Crippen LogP contribution is -2.28. The molecule has 0 aliphatic rings. The van der Waals surface area contributed by atoms with Crippen LogP contribution in [0.25, 0.3) is 0 Å². The molecule has 1 amide bonds. The summed E-state index contributed by atoms with van der Waals surface area (Å²) in [5.41, 5.74) is 1.98. The van der Waals surface area contributed by atoms with Crippen molar-refractivity contribution in [3.63, 3.8) is 0 Å². The van der Waals surface area contributed by atoms with Gasteiger partial charge in [-0.25, -0.2) is 0 Å². The van der Waals surface area contributed by atoms with Gasteiger partial charge >= 0.3 is 0 Å². The summed E-state index contributed by atoms with van der Waals surface area (Å²) in [7, 11) is 3.18. The first-order valence-corrected chi connectivity index (χ1v) is 9.88. The fraction of sp³-hybridized carbons (Fsp3) is 0.316. The van der Waals surface area contributed by atoms with Crippen LogP contribution in [0.5, 0.6) is 11.5 Å². The summed E-state index contributed by atoms with van der Waals surface area (Å²) in [6.45, 7) is 1.93. The minimum absolute atomic E-state index is 0.0302. The minimum atomic E-state index is -0.132. The van der Waals surface area contributed by atoms with E-state index in [1.807, 2.05) is 37.3 Å². The molecule has 0 aliphatic heterocycles. The van der Waals surface area contributed by atoms with Gasteiger partial charge in [0.2, 0.25) is 5.91 Å². The third-order valence-corrected chi connectivity index (χ3v) is 5.51. The van der Waals surface area contributed by atoms with E-state index >= 15 is 0 Å². The maximum Gasteiger partial charge on any atom is 0.230 e. The molecule has 0 heterocycles. The smallest absolute Gasteiger partial charge is 0.230 e. The van der Waals surface area contributed by atoms with E-state index < -0.39 is 0 Å². The molecule has 0 saturated carbocycles. The number of amides is 1. The Bertz CT molecular complexity index is 770. The Hall–Kier alpha value is -1.56. The zero-order valence-corrected chi connectivity index (χ0v) is 17.2.